The van der Waals surface area contributed by atoms with Gasteiger partial charge in [0.05, 0.1) is 0 Å². The maximum atomic E-state index is 0. The van der Waals surface area contributed by atoms with Crippen LogP contribution in [0.15, 0.2) is 0 Å². The Morgan fingerprint density at radius 1 is 1.00 bits per heavy atom. The van der Waals surface area contributed by atoms with E-state index in [-0.39, 0.29) is 105 Å². The SMILES string of the molecule is Cl.I.[Co].[KH]. The molecule has 1 radical (unpaired) electrons. The second-order valence-corrected chi connectivity index (χ2v) is 0. The first-order valence-electron chi connectivity index (χ1n) is 0. The zero-order valence-corrected chi connectivity index (χ0v) is 5.34. The van der Waals surface area contributed by atoms with E-state index < -0.39 is 0 Å². The molecular formula is H3ClCoIK. The van der Waals surface area contributed by atoms with Crippen LogP contribution in [-0.4, -0.2) is 51.4 Å². The van der Waals surface area contributed by atoms with Gasteiger partial charge in [0.15, 0.2) is 0 Å². The predicted molar refractivity (Wildman–Crippen MR) is 29.8 cm³/mol. The monoisotopic (exact) mass is 263 g/mol. The Morgan fingerprint density at radius 3 is 1.00 bits per heavy atom. The second-order valence-electron chi connectivity index (χ2n) is 0. The number of hydrogen-bond donors (Lipinski definition) is 0. The molecule has 0 aromatic heterocycles. The van der Waals surface area contributed by atoms with Crippen molar-refractivity contribution in [3.8, 4) is 0 Å². The molecule has 4 heavy (non-hydrogen) atoms. The molecule has 0 amide bonds. The second kappa shape index (κ2) is 16.4. The number of rotatable bonds is 0. The summed E-state index contributed by atoms with van der Waals surface area (Å²) in [5.74, 6) is 0. The van der Waals surface area contributed by atoms with Crippen LogP contribution in [0.1, 0.15) is 0 Å². The van der Waals surface area contributed by atoms with Crippen LogP contribution < -0.4 is 0 Å². The quantitative estimate of drug-likeness (QED) is 0.438. The number of hydrogen-bond acceptors (Lipinski definition) is 0. The third-order valence-corrected chi connectivity index (χ3v) is 0. The molecule has 0 heterocycles. The summed E-state index contributed by atoms with van der Waals surface area (Å²) in [4.78, 5) is 0. The molecule has 0 unspecified atom stereocenters. The Labute approximate surface area is 102 Å². The molecule has 27 valence electrons. The Bertz CT molecular complexity index is 8.00. The summed E-state index contributed by atoms with van der Waals surface area (Å²) in [6.07, 6.45) is 0. The normalized spacial score (nSPS) is 0. The van der Waals surface area contributed by atoms with Crippen molar-refractivity contribution in [1.82, 2.24) is 0 Å². The van der Waals surface area contributed by atoms with Gasteiger partial charge in [-0.05, 0) is 0 Å². The van der Waals surface area contributed by atoms with E-state index in [1.807, 2.05) is 0 Å². The van der Waals surface area contributed by atoms with Gasteiger partial charge in [-0.1, -0.05) is 0 Å². The van der Waals surface area contributed by atoms with E-state index in [1.54, 1.807) is 0 Å². The molecule has 0 aliphatic heterocycles. The van der Waals surface area contributed by atoms with Gasteiger partial charge in [-0.15, -0.1) is 36.4 Å². The molecule has 0 bridgehead atoms. The zero-order chi connectivity index (χ0) is 0. The van der Waals surface area contributed by atoms with Crippen LogP contribution in [-0.2, 0) is 16.8 Å². The summed E-state index contributed by atoms with van der Waals surface area (Å²) in [6.45, 7) is 0. The molecule has 0 rings (SSSR count). The van der Waals surface area contributed by atoms with Crippen molar-refractivity contribution in [1.29, 1.82) is 0 Å². The molecule has 0 aliphatic carbocycles. The fourth-order valence-corrected chi connectivity index (χ4v) is 0. The van der Waals surface area contributed by atoms with Crippen molar-refractivity contribution >= 4 is 87.8 Å². The van der Waals surface area contributed by atoms with Gasteiger partial charge in [0, 0.05) is 16.8 Å². The molecule has 0 fully saturated rings. The van der Waals surface area contributed by atoms with Gasteiger partial charge in [0.2, 0.25) is 0 Å². The van der Waals surface area contributed by atoms with E-state index in [9.17, 15) is 0 Å². The average molecular weight is 263 g/mol. The van der Waals surface area contributed by atoms with Crippen LogP contribution in [0, 0.1) is 0 Å². The maximum absolute atomic E-state index is 0. The van der Waals surface area contributed by atoms with Gasteiger partial charge in [0.25, 0.3) is 0 Å². The van der Waals surface area contributed by atoms with E-state index in [0.29, 0.717) is 0 Å². The molecule has 0 atom stereocenters. The van der Waals surface area contributed by atoms with Crippen LogP contribution >= 0.6 is 36.4 Å². The van der Waals surface area contributed by atoms with E-state index in [0.717, 1.165) is 0 Å². The molecule has 0 N–H and O–H groups in total. The van der Waals surface area contributed by atoms with Crippen molar-refractivity contribution in [2.75, 3.05) is 0 Å². The van der Waals surface area contributed by atoms with Crippen LogP contribution in [0.3, 0.4) is 0 Å². The molecular weight excluding hydrogens is 260 g/mol. The first kappa shape index (κ1) is 27.2. The van der Waals surface area contributed by atoms with Crippen molar-refractivity contribution in [3.05, 3.63) is 0 Å². The topological polar surface area (TPSA) is 0 Å². The van der Waals surface area contributed by atoms with Crippen molar-refractivity contribution in [2.45, 2.75) is 0 Å². The third kappa shape index (κ3) is 8.94. The van der Waals surface area contributed by atoms with E-state index in [2.05, 4.69) is 0 Å². The van der Waals surface area contributed by atoms with Gasteiger partial charge < -0.3 is 0 Å². The molecule has 0 aromatic carbocycles. The van der Waals surface area contributed by atoms with Crippen LogP contribution in [0.4, 0.5) is 0 Å². The Kier molecular flexibility index (Phi) is 112. The van der Waals surface area contributed by atoms with E-state index >= 15 is 0 Å². The fraction of sp³-hybridized carbons (Fsp3) is 0. The number of halogens is 2. The predicted octanol–water partition coefficient (Wildman–Crippen LogP) is 0.389. The minimum atomic E-state index is 0. The molecule has 0 aliphatic rings. The van der Waals surface area contributed by atoms with E-state index in [1.165, 1.54) is 0 Å². The first-order valence-corrected chi connectivity index (χ1v) is 0. The van der Waals surface area contributed by atoms with Gasteiger partial charge in [-0.2, -0.15) is 0 Å². The zero-order valence-electron chi connectivity index (χ0n) is 1.15. The Balaban J connectivity index is 0. The van der Waals surface area contributed by atoms with Crippen LogP contribution in [0.2, 0.25) is 0 Å². The Morgan fingerprint density at radius 2 is 1.00 bits per heavy atom. The standard InChI is InChI=1S/ClH.Co.HI.K.H/h1H;;1H;;. The van der Waals surface area contributed by atoms with Gasteiger partial charge in [0.1, 0.15) is 0 Å². The molecule has 0 spiro atoms. The van der Waals surface area contributed by atoms with E-state index in [4.69, 9.17) is 0 Å². The molecule has 0 saturated carbocycles. The minimum absolute atomic E-state index is 0. The molecule has 0 saturated heterocycles. The summed E-state index contributed by atoms with van der Waals surface area (Å²) in [6, 6.07) is 0. The molecule has 0 aromatic rings. The van der Waals surface area contributed by atoms with Crippen molar-refractivity contribution in [2.24, 2.45) is 0 Å². The van der Waals surface area contributed by atoms with Gasteiger partial charge in [-0.25, -0.2) is 0 Å². The first-order chi connectivity index (χ1) is 0. The van der Waals surface area contributed by atoms with Crippen molar-refractivity contribution in [3.63, 3.8) is 0 Å². The summed E-state index contributed by atoms with van der Waals surface area (Å²) >= 11 is 0. The van der Waals surface area contributed by atoms with Crippen molar-refractivity contribution < 1.29 is 16.8 Å². The molecule has 4 heteroatoms. The fourth-order valence-electron chi connectivity index (χ4n) is 0. The summed E-state index contributed by atoms with van der Waals surface area (Å²) in [7, 11) is 0. The van der Waals surface area contributed by atoms with Crippen LogP contribution in [0.5, 0.6) is 0 Å². The van der Waals surface area contributed by atoms with Crippen LogP contribution in [0.25, 0.3) is 0 Å². The average Bonchev–Trinajstić information content (AvgIpc) is 0. The van der Waals surface area contributed by atoms with Gasteiger partial charge in [-0.3, -0.25) is 0 Å². The Hall–Kier alpha value is 3.16. The van der Waals surface area contributed by atoms with Gasteiger partial charge >= 0.3 is 51.4 Å². The third-order valence-electron chi connectivity index (χ3n) is 0. The summed E-state index contributed by atoms with van der Waals surface area (Å²) < 4.78 is 0. The summed E-state index contributed by atoms with van der Waals surface area (Å²) in [5.41, 5.74) is 0. The molecule has 0 nitrogen and oxygen atoms in total. The summed E-state index contributed by atoms with van der Waals surface area (Å²) in [5, 5.41) is 0.